The van der Waals surface area contributed by atoms with E-state index in [1.54, 1.807) is 0 Å². The highest BCUT2D eigenvalue weighted by atomic mass is 16.1. The van der Waals surface area contributed by atoms with Crippen molar-refractivity contribution in [2.24, 2.45) is 5.73 Å². The topological polar surface area (TPSA) is 70.9 Å². The molecule has 0 spiro atoms. The van der Waals surface area contributed by atoms with E-state index < -0.39 is 0 Å². The lowest BCUT2D eigenvalue weighted by Gasteiger charge is -2.26. The first-order valence-corrected chi connectivity index (χ1v) is 7.82. The molecule has 1 amide bonds. The van der Waals surface area contributed by atoms with Crippen molar-refractivity contribution in [3.05, 3.63) is 36.0 Å². The number of rotatable bonds is 4. The molecule has 21 heavy (non-hydrogen) atoms. The molecule has 2 aromatic rings. The second kappa shape index (κ2) is 6.31. The van der Waals surface area contributed by atoms with Gasteiger partial charge in [0.05, 0.1) is 0 Å². The van der Waals surface area contributed by atoms with Crippen LogP contribution in [0.25, 0.3) is 10.9 Å². The lowest BCUT2D eigenvalue weighted by molar-refractivity contribution is -0.122. The summed E-state index contributed by atoms with van der Waals surface area (Å²) < 4.78 is 0. The number of para-hydroxylation sites is 1. The fourth-order valence-corrected chi connectivity index (χ4v) is 3.15. The minimum atomic E-state index is 0.153. The number of H-pyrrole nitrogens is 1. The predicted octanol–water partition coefficient (Wildman–Crippen LogP) is 2.49. The van der Waals surface area contributed by atoms with E-state index in [1.165, 1.54) is 10.9 Å². The van der Waals surface area contributed by atoms with Gasteiger partial charge in [-0.3, -0.25) is 4.79 Å². The monoisotopic (exact) mass is 285 g/mol. The fourth-order valence-electron chi connectivity index (χ4n) is 3.15. The van der Waals surface area contributed by atoms with E-state index in [0.29, 0.717) is 18.5 Å². The molecule has 0 radical (unpaired) electrons. The molecule has 4 N–H and O–H groups in total. The quantitative estimate of drug-likeness (QED) is 0.807. The van der Waals surface area contributed by atoms with Gasteiger partial charge in [0.2, 0.25) is 5.91 Å². The maximum Gasteiger partial charge on any atom is 0.220 e. The average molecular weight is 285 g/mol. The Labute approximate surface area is 125 Å². The van der Waals surface area contributed by atoms with Crippen molar-refractivity contribution >= 4 is 16.8 Å². The Kier molecular flexibility index (Phi) is 4.25. The number of hydrogen-bond donors (Lipinski definition) is 3. The van der Waals surface area contributed by atoms with Crippen LogP contribution in [0.15, 0.2) is 30.5 Å². The Bertz CT molecular complexity index is 611. The van der Waals surface area contributed by atoms with Crippen molar-refractivity contribution in [1.29, 1.82) is 0 Å². The summed E-state index contributed by atoms with van der Waals surface area (Å²) in [7, 11) is 0. The van der Waals surface area contributed by atoms with E-state index in [0.717, 1.165) is 37.6 Å². The van der Waals surface area contributed by atoms with Crippen LogP contribution in [0.3, 0.4) is 0 Å². The van der Waals surface area contributed by atoms with Crippen LogP contribution in [0.5, 0.6) is 0 Å². The number of amides is 1. The molecule has 0 saturated heterocycles. The number of nitrogens with two attached hydrogens (primary N) is 1. The molecular weight excluding hydrogens is 262 g/mol. The molecule has 0 bridgehead atoms. The summed E-state index contributed by atoms with van der Waals surface area (Å²) in [4.78, 5) is 15.3. The molecule has 1 heterocycles. The Hall–Kier alpha value is -1.81. The lowest BCUT2D eigenvalue weighted by atomic mass is 9.91. The number of carbonyl (C=O) groups is 1. The molecule has 1 aliphatic rings. The molecule has 0 unspecified atom stereocenters. The molecule has 1 saturated carbocycles. The molecule has 3 rings (SSSR count). The van der Waals surface area contributed by atoms with Crippen molar-refractivity contribution in [2.45, 2.75) is 50.6 Å². The number of nitrogens with one attached hydrogen (secondary N) is 2. The Morgan fingerprint density at radius 3 is 2.81 bits per heavy atom. The van der Waals surface area contributed by atoms with Crippen molar-refractivity contribution in [3.63, 3.8) is 0 Å². The fraction of sp³-hybridized carbons (Fsp3) is 0.471. The highest BCUT2D eigenvalue weighted by Crippen LogP contribution is 2.20. The van der Waals surface area contributed by atoms with E-state index in [9.17, 15) is 4.79 Å². The zero-order valence-electron chi connectivity index (χ0n) is 12.3. The number of carbonyl (C=O) groups excluding carboxylic acids is 1. The van der Waals surface area contributed by atoms with Gasteiger partial charge in [-0.1, -0.05) is 18.2 Å². The number of aromatic amines is 1. The Morgan fingerprint density at radius 2 is 2.00 bits per heavy atom. The lowest BCUT2D eigenvalue weighted by Crippen LogP contribution is -2.40. The summed E-state index contributed by atoms with van der Waals surface area (Å²) in [5, 5.41) is 4.36. The van der Waals surface area contributed by atoms with Crippen LogP contribution >= 0.6 is 0 Å². The molecular formula is C17H23N3O. The number of fused-ring (bicyclic) bond motifs is 1. The van der Waals surface area contributed by atoms with Gasteiger partial charge in [-0.25, -0.2) is 0 Å². The zero-order valence-corrected chi connectivity index (χ0v) is 12.3. The van der Waals surface area contributed by atoms with E-state index in [1.807, 2.05) is 18.3 Å². The maximum atomic E-state index is 12.1. The van der Waals surface area contributed by atoms with Gasteiger partial charge < -0.3 is 16.0 Å². The number of benzene rings is 1. The molecule has 1 aromatic carbocycles. The van der Waals surface area contributed by atoms with E-state index in [2.05, 4.69) is 22.4 Å². The van der Waals surface area contributed by atoms with Gasteiger partial charge in [0.1, 0.15) is 0 Å². The largest absolute Gasteiger partial charge is 0.361 e. The van der Waals surface area contributed by atoms with E-state index >= 15 is 0 Å². The third-order valence-corrected chi connectivity index (χ3v) is 4.43. The summed E-state index contributed by atoms with van der Waals surface area (Å²) in [5.41, 5.74) is 8.24. The Morgan fingerprint density at radius 1 is 1.24 bits per heavy atom. The first-order valence-electron chi connectivity index (χ1n) is 7.82. The van der Waals surface area contributed by atoms with Crippen LogP contribution in [0.1, 0.15) is 37.7 Å². The zero-order chi connectivity index (χ0) is 14.7. The third kappa shape index (κ3) is 3.45. The standard InChI is InChI=1S/C17H23N3O/c18-13-6-8-14(9-7-13)20-17(21)10-5-12-11-19-16-4-2-1-3-15(12)16/h1-4,11,13-14,19H,5-10,18H2,(H,20,21). The van der Waals surface area contributed by atoms with Crippen molar-refractivity contribution < 1.29 is 4.79 Å². The van der Waals surface area contributed by atoms with Crippen LogP contribution in [-0.4, -0.2) is 23.0 Å². The minimum Gasteiger partial charge on any atom is -0.361 e. The van der Waals surface area contributed by atoms with Gasteiger partial charge in [-0.15, -0.1) is 0 Å². The van der Waals surface area contributed by atoms with Gasteiger partial charge in [-0.2, -0.15) is 0 Å². The summed E-state index contributed by atoms with van der Waals surface area (Å²) in [6.07, 6.45) is 7.41. The number of aryl methyl sites for hydroxylation is 1. The molecule has 1 aromatic heterocycles. The second-order valence-electron chi connectivity index (χ2n) is 6.04. The second-order valence-corrected chi connectivity index (χ2v) is 6.04. The number of hydrogen-bond acceptors (Lipinski definition) is 2. The van der Waals surface area contributed by atoms with E-state index in [4.69, 9.17) is 5.73 Å². The molecule has 0 aliphatic heterocycles. The van der Waals surface area contributed by atoms with Gasteiger partial charge in [-0.05, 0) is 43.7 Å². The molecule has 0 atom stereocenters. The summed E-state index contributed by atoms with van der Waals surface area (Å²) in [6.45, 7) is 0. The minimum absolute atomic E-state index is 0.153. The van der Waals surface area contributed by atoms with E-state index in [-0.39, 0.29) is 5.91 Å². The van der Waals surface area contributed by atoms with Crippen LogP contribution in [-0.2, 0) is 11.2 Å². The molecule has 4 heteroatoms. The maximum absolute atomic E-state index is 12.1. The summed E-state index contributed by atoms with van der Waals surface area (Å²) in [6, 6.07) is 8.85. The van der Waals surface area contributed by atoms with Gasteiger partial charge >= 0.3 is 0 Å². The average Bonchev–Trinajstić information content (AvgIpc) is 2.91. The van der Waals surface area contributed by atoms with Crippen LogP contribution in [0.4, 0.5) is 0 Å². The normalized spacial score (nSPS) is 22.3. The molecule has 1 aliphatic carbocycles. The van der Waals surface area contributed by atoms with Crippen molar-refractivity contribution in [3.8, 4) is 0 Å². The van der Waals surface area contributed by atoms with Gasteiger partial charge in [0.15, 0.2) is 0 Å². The van der Waals surface area contributed by atoms with Crippen LogP contribution in [0.2, 0.25) is 0 Å². The SMILES string of the molecule is NC1CCC(NC(=O)CCc2c[nH]c3ccccc23)CC1. The van der Waals surface area contributed by atoms with Gasteiger partial charge in [0.25, 0.3) is 0 Å². The molecule has 1 fully saturated rings. The predicted molar refractivity (Wildman–Crippen MR) is 85.0 cm³/mol. The molecule has 112 valence electrons. The first kappa shape index (κ1) is 14.1. The first-order chi connectivity index (χ1) is 10.2. The number of aromatic nitrogens is 1. The van der Waals surface area contributed by atoms with Crippen molar-refractivity contribution in [2.75, 3.05) is 0 Å². The smallest absolute Gasteiger partial charge is 0.220 e. The van der Waals surface area contributed by atoms with Gasteiger partial charge in [0, 0.05) is 35.6 Å². The Balaban J connectivity index is 1.52. The van der Waals surface area contributed by atoms with Crippen LogP contribution in [0, 0.1) is 0 Å². The summed E-state index contributed by atoms with van der Waals surface area (Å²) >= 11 is 0. The van der Waals surface area contributed by atoms with Crippen molar-refractivity contribution in [1.82, 2.24) is 10.3 Å². The molecule has 4 nitrogen and oxygen atoms in total. The van der Waals surface area contributed by atoms with Crippen LogP contribution < -0.4 is 11.1 Å². The summed E-state index contributed by atoms with van der Waals surface area (Å²) in [5.74, 6) is 0.153. The third-order valence-electron chi connectivity index (χ3n) is 4.43. The highest BCUT2D eigenvalue weighted by molar-refractivity contribution is 5.84. The highest BCUT2D eigenvalue weighted by Gasteiger charge is 2.19.